The van der Waals surface area contributed by atoms with Crippen LogP contribution in [0.4, 0.5) is 0 Å². The van der Waals surface area contributed by atoms with E-state index in [4.69, 9.17) is 0 Å². The minimum Gasteiger partial charge on any atom is -0.300 e. The monoisotopic (exact) mass is 178 g/mol. The molecule has 1 heteroatoms. The van der Waals surface area contributed by atoms with E-state index in [9.17, 15) is 4.79 Å². The van der Waals surface area contributed by atoms with Gasteiger partial charge in [-0.25, -0.2) is 0 Å². The van der Waals surface area contributed by atoms with Gasteiger partial charge in [0.05, 0.1) is 0 Å². The number of rotatable bonds is 0. The molecule has 2 aliphatic rings. The van der Waals surface area contributed by atoms with Crippen molar-refractivity contribution >= 4 is 5.78 Å². The van der Waals surface area contributed by atoms with Crippen molar-refractivity contribution in [3.63, 3.8) is 0 Å². The molecular weight excluding hydrogens is 160 g/mol. The molecule has 0 aromatic heterocycles. The Bertz CT molecular complexity index is 254. The summed E-state index contributed by atoms with van der Waals surface area (Å²) in [4.78, 5) is 11.4. The van der Waals surface area contributed by atoms with E-state index in [1.807, 2.05) is 0 Å². The lowest BCUT2D eigenvalue weighted by atomic mass is 9.59. The molecule has 0 unspecified atom stereocenters. The van der Waals surface area contributed by atoms with Gasteiger partial charge in [-0.05, 0) is 37.0 Å². The van der Waals surface area contributed by atoms with E-state index in [0.717, 1.165) is 25.7 Å². The first-order valence-electron chi connectivity index (χ1n) is 5.31. The molecule has 0 amide bonds. The second kappa shape index (κ2) is 2.97. The molecule has 2 atom stereocenters. The first-order valence-corrected chi connectivity index (χ1v) is 5.31. The van der Waals surface area contributed by atoms with E-state index in [-0.39, 0.29) is 0 Å². The number of Topliss-reactive ketones (excluding diaryl/α,β-unsaturated/α-hetero) is 1. The third-order valence-corrected chi connectivity index (χ3v) is 3.99. The number of fused-ring (bicyclic) bond motifs is 1. The van der Waals surface area contributed by atoms with E-state index < -0.39 is 0 Å². The van der Waals surface area contributed by atoms with Gasteiger partial charge >= 0.3 is 0 Å². The lowest BCUT2D eigenvalue weighted by Gasteiger charge is -2.45. The van der Waals surface area contributed by atoms with Gasteiger partial charge in [0.2, 0.25) is 0 Å². The van der Waals surface area contributed by atoms with E-state index in [1.165, 1.54) is 18.4 Å². The van der Waals surface area contributed by atoms with E-state index in [1.54, 1.807) is 0 Å². The Labute approximate surface area is 80.2 Å². The zero-order valence-electron chi connectivity index (χ0n) is 8.44. The molecule has 0 aromatic rings. The molecule has 0 N–H and O–H groups in total. The van der Waals surface area contributed by atoms with Crippen LogP contribution in [-0.2, 0) is 4.79 Å². The first kappa shape index (κ1) is 8.98. The van der Waals surface area contributed by atoms with Crippen LogP contribution < -0.4 is 0 Å². The molecule has 0 bridgehead atoms. The number of hydrogen-bond acceptors (Lipinski definition) is 1. The Morgan fingerprint density at radius 3 is 2.92 bits per heavy atom. The summed E-state index contributed by atoms with van der Waals surface area (Å²) in [6.07, 6.45) is 6.39. The highest BCUT2D eigenvalue weighted by atomic mass is 16.1. The summed E-state index contributed by atoms with van der Waals surface area (Å²) in [5.41, 5.74) is 1.74. The minimum atomic E-state index is 0.406. The molecule has 0 radical (unpaired) electrons. The summed E-state index contributed by atoms with van der Waals surface area (Å²) in [7, 11) is 0. The predicted octanol–water partition coefficient (Wildman–Crippen LogP) is 3.10. The van der Waals surface area contributed by atoms with Crippen molar-refractivity contribution in [1.82, 2.24) is 0 Å². The topological polar surface area (TPSA) is 17.1 Å². The number of ketones is 1. The highest BCUT2D eigenvalue weighted by Crippen LogP contribution is 2.50. The van der Waals surface area contributed by atoms with Gasteiger partial charge in [-0.2, -0.15) is 0 Å². The Morgan fingerprint density at radius 2 is 2.15 bits per heavy atom. The van der Waals surface area contributed by atoms with Crippen molar-refractivity contribution in [3.05, 3.63) is 12.2 Å². The van der Waals surface area contributed by atoms with Crippen LogP contribution in [0.5, 0.6) is 0 Å². The molecule has 72 valence electrons. The van der Waals surface area contributed by atoms with E-state index >= 15 is 0 Å². The first-order chi connectivity index (χ1) is 6.12. The number of allylic oxidation sites excluding steroid dienone is 1. The van der Waals surface area contributed by atoms with E-state index in [2.05, 4.69) is 13.5 Å². The van der Waals surface area contributed by atoms with Crippen LogP contribution in [0.15, 0.2) is 12.2 Å². The van der Waals surface area contributed by atoms with Gasteiger partial charge in [0, 0.05) is 12.8 Å². The number of hydrogen-bond donors (Lipinski definition) is 0. The SMILES string of the molecule is C=C1CCC[C@@]2(C)CCC(=O)C[C@H]12. The van der Waals surface area contributed by atoms with Crippen LogP contribution in [0.2, 0.25) is 0 Å². The molecule has 0 spiro atoms. The Kier molecular flexibility index (Phi) is 2.05. The second-order valence-corrected chi connectivity index (χ2v) is 4.96. The fraction of sp³-hybridized carbons (Fsp3) is 0.750. The normalized spacial score (nSPS) is 40.2. The smallest absolute Gasteiger partial charge is 0.133 e. The van der Waals surface area contributed by atoms with Crippen LogP contribution in [0.25, 0.3) is 0 Å². The van der Waals surface area contributed by atoms with Gasteiger partial charge in [-0.1, -0.05) is 19.1 Å². The third-order valence-electron chi connectivity index (χ3n) is 3.99. The Hall–Kier alpha value is -0.590. The fourth-order valence-corrected chi connectivity index (χ4v) is 3.01. The molecule has 2 aliphatic carbocycles. The Balaban J connectivity index is 2.22. The largest absolute Gasteiger partial charge is 0.300 e. The van der Waals surface area contributed by atoms with Crippen LogP contribution in [0, 0.1) is 11.3 Å². The lowest BCUT2D eigenvalue weighted by Crippen LogP contribution is -2.38. The van der Waals surface area contributed by atoms with Gasteiger partial charge in [-0.3, -0.25) is 4.79 Å². The number of carbonyl (C=O) groups is 1. The highest BCUT2D eigenvalue weighted by Gasteiger charge is 2.42. The summed E-state index contributed by atoms with van der Waals surface area (Å²) in [6, 6.07) is 0. The lowest BCUT2D eigenvalue weighted by molar-refractivity contribution is -0.124. The van der Waals surface area contributed by atoms with Crippen LogP contribution >= 0.6 is 0 Å². The quantitative estimate of drug-likeness (QED) is 0.521. The summed E-state index contributed by atoms with van der Waals surface area (Å²) in [6.45, 7) is 6.47. The zero-order valence-corrected chi connectivity index (χ0v) is 8.44. The van der Waals surface area contributed by atoms with Crippen molar-refractivity contribution in [2.45, 2.75) is 45.4 Å². The summed E-state index contributed by atoms with van der Waals surface area (Å²) >= 11 is 0. The summed E-state index contributed by atoms with van der Waals surface area (Å²) < 4.78 is 0. The van der Waals surface area contributed by atoms with Crippen molar-refractivity contribution in [2.24, 2.45) is 11.3 Å². The van der Waals surface area contributed by atoms with Gasteiger partial charge in [-0.15, -0.1) is 0 Å². The molecule has 2 fully saturated rings. The van der Waals surface area contributed by atoms with Crippen molar-refractivity contribution in [2.75, 3.05) is 0 Å². The average Bonchev–Trinajstić information content (AvgIpc) is 2.08. The molecule has 2 saturated carbocycles. The summed E-state index contributed by atoms with van der Waals surface area (Å²) in [5, 5.41) is 0. The maximum absolute atomic E-state index is 11.4. The fourth-order valence-electron chi connectivity index (χ4n) is 3.01. The van der Waals surface area contributed by atoms with Crippen molar-refractivity contribution < 1.29 is 4.79 Å². The second-order valence-electron chi connectivity index (χ2n) is 4.96. The van der Waals surface area contributed by atoms with Gasteiger partial charge in [0.1, 0.15) is 5.78 Å². The average molecular weight is 178 g/mol. The molecule has 2 rings (SSSR count). The van der Waals surface area contributed by atoms with E-state index in [0.29, 0.717) is 17.1 Å². The minimum absolute atomic E-state index is 0.406. The van der Waals surface area contributed by atoms with Crippen LogP contribution in [0.1, 0.15) is 45.4 Å². The van der Waals surface area contributed by atoms with Gasteiger partial charge in [0.15, 0.2) is 0 Å². The molecule has 13 heavy (non-hydrogen) atoms. The maximum Gasteiger partial charge on any atom is 0.133 e. The van der Waals surface area contributed by atoms with Crippen molar-refractivity contribution in [1.29, 1.82) is 0 Å². The molecule has 1 nitrogen and oxygen atoms in total. The molecule has 0 aromatic carbocycles. The maximum atomic E-state index is 11.4. The van der Waals surface area contributed by atoms with Gasteiger partial charge < -0.3 is 0 Å². The van der Waals surface area contributed by atoms with Crippen LogP contribution in [0.3, 0.4) is 0 Å². The zero-order chi connectivity index (χ0) is 9.47. The molecule has 0 saturated heterocycles. The van der Waals surface area contributed by atoms with Gasteiger partial charge in [0.25, 0.3) is 0 Å². The molecule has 0 aliphatic heterocycles. The van der Waals surface area contributed by atoms with Crippen molar-refractivity contribution in [3.8, 4) is 0 Å². The predicted molar refractivity (Wildman–Crippen MR) is 53.4 cm³/mol. The highest BCUT2D eigenvalue weighted by molar-refractivity contribution is 5.80. The molecule has 0 heterocycles. The number of carbonyl (C=O) groups excluding carboxylic acids is 1. The Morgan fingerprint density at radius 1 is 1.38 bits per heavy atom. The standard InChI is InChI=1S/C12H18O/c1-9-4-3-6-12(2)7-5-10(13)8-11(9)12/h11H,1,3-8H2,2H3/t11-,12+/m1/s1. The summed E-state index contributed by atoms with van der Waals surface area (Å²) in [5.74, 6) is 0.952. The van der Waals surface area contributed by atoms with Crippen LogP contribution in [-0.4, -0.2) is 5.78 Å². The third kappa shape index (κ3) is 1.45. The molecular formula is C12H18O.